The number of morpholine rings is 1. The zero-order chi connectivity index (χ0) is 14.5. The van der Waals surface area contributed by atoms with Gasteiger partial charge in [0.25, 0.3) is 0 Å². The predicted molar refractivity (Wildman–Crippen MR) is 78.1 cm³/mol. The van der Waals surface area contributed by atoms with Crippen LogP contribution in [0.5, 0.6) is 0 Å². The Balaban J connectivity index is 2.06. The molecule has 2 unspecified atom stereocenters. The highest BCUT2D eigenvalue weighted by Gasteiger charge is 2.27. The number of hydrogen-bond acceptors (Lipinski definition) is 4. The molecule has 1 aliphatic rings. The van der Waals surface area contributed by atoms with Gasteiger partial charge in [-0.2, -0.15) is 0 Å². The second kappa shape index (κ2) is 7.33. The van der Waals surface area contributed by atoms with Crippen molar-refractivity contribution in [3.05, 3.63) is 34.6 Å². The molecule has 1 fully saturated rings. The van der Waals surface area contributed by atoms with Crippen LogP contribution in [-0.2, 0) is 11.2 Å². The molecule has 0 bridgehead atoms. The Morgan fingerprint density at radius 2 is 2.40 bits per heavy atom. The first-order valence-corrected chi connectivity index (χ1v) is 7.26. The van der Waals surface area contributed by atoms with Crippen LogP contribution in [0.4, 0.5) is 4.39 Å². The van der Waals surface area contributed by atoms with E-state index in [2.05, 4.69) is 17.2 Å². The van der Waals surface area contributed by atoms with Gasteiger partial charge in [0, 0.05) is 13.1 Å². The van der Waals surface area contributed by atoms with E-state index in [9.17, 15) is 4.39 Å². The number of likely N-dealkylation sites (N-methyl/N-ethyl adjacent to an activating group) is 1. The summed E-state index contributed by atoms with van der Waals surface area (Å²) in [5.74, 6) is 5.24. The quantitative estimate of drug-likeness (QED) is 0.640. The second-order valence-electron chi connectivity index (χ2n) is 4.99. The lowest BCUT2D eigenvalue weighted by molar-refractivity contribution is -0.0448. The van der Waals surface area contributed by atoms with Crippen LogP contribution in [0.2, 0.25) is 5.02 Å². The molecule has 0 radical (unpaired) electrons. The standard InChI is InChI=1S/C14H21ClFN3O/c1-2-19-6-7-20-13(9-19)12(18-17)8-10-4-3-5-11(16)14(10)15/h3-5,12-13,18H,2,6-9,17H2,1H3. The van der Waals surface area contributed by atoms with Crippen molar-refractivity contribution >= 4 is 11.6 Å². The summed E-state index contributed by atoms with van der Waals surface area (Å²) >= 11 is 5.99. The molecule has 3 N–H and O–H groups in total. The van der Waals surface area contributed by atoms with Gasteiger partial charge in [0.2, 0.25) is 0 Å². The van der Waals surface area contributed by atoms with E-state index in [0.717, 1.165) is 25.2 Å². The number of nitrogens with one attached hydrogen (secondary N) is 1. The van der Waals surface area contributed by atoms with Crippen LogP contribution in [0.25, 0.3) is 0 Å². The number of nitrogens with two attached hydrogens (primary N) is 1. The minimum Gasteiger partial charge on any atom is -0.374 e. The molecule has 20 heavy (non-hydrogen) atoms. The summed E-state index contributed by atoms with van der Waals surface area (Å²) in [5, 5.41) is 0.163. The summed E-state index contributed by atoms with van der Waals surface area (Å²) in [4.78, 5) is 2.31. The Kier molecular flexibility index (Phi) is 5.74. The maximum Gasteiger partial charge on any atom is 0.142 e. The van der Waals surface area contributed by atoms with E-state index in [0.29, 0.717) is 13.0 Å². The van der Waals surface area contributed by atoms with Gasteiger partial charge in [-0.1, -0.05) is 30.7 Å². The third kappa shape index (κ3) is 3.68. The summed E-state index contributed by atoms with van der Waals surface area (Å²) < 4.78 is 19.3. The van der Waals surface area contributed by atoms with Crippen molar-refractivity contribution in [3.8, 4) is 0 Å². The Morgan fingerprint density at radius 3 is 3.10 bits per heavy atom. The molecule has 0 aliphatic carbocycles. The number of benzene rings is 1. The largest absolute Gasteiger partial charge is 0.374 e. The molecule has 112 valence electrons. The molecule has 0 saturated carbocycles. The van der Waals surface area contributed by atoms with Crippen LogP contribution in [0, 0.1) is 5.82 Å². The molecule has 6 heteroatoms. The molecule has 1 aromatic rings. The van der Waals surface area contributed by atoms with Crippen molar-refractivity contribution in [1.29, 1.82) is 0 Å². The first-order chi connectivity index (χ1) is 9.65. The van der Waals surface area contributed by atoms with E-state index >= 15 is 0 Å². The lowest BCUT2D eigenvalue weighted by Crippen LogP contribution is -2.54. The van der Waals surface area contributed by atoms with Gasteiger partial charge in [-0.05, 0) is 24.6 Å². The van der Waals surface area contributed by atoms with Gasteiger partial charge in [0.05, 0.1) is 23.8 Å². The van der Waals surface area contributed by atoms with Crippen molar-refractivity contribution < 1.29 is 9.13 Å². The zero-order valence-electron chi connectivity index (χ0n) is 11.6. The van der Waals surface area contributed by atoms with Crippen molar-refractivity contribution in [1.82, 2.24) is 10.3 Å². The minimum absolute atomic E-state index is 0.0203. The van der Waals surface area contributed by atoms with E-state index in [-0.39, 0.29) is 17.2 Å². The fraction of sp³-hybridized carbons (Fsp3) is 0.571. The normalized spacial score (nSPS) is 21.9. The molecule has 0 amide bonds. The fourth-order valence-electron chi connectivity index (χ4n) is 2.50. The number of rotatable bonds is 5. The maximum atomic E-state index is 13.5. The number of hydrogen-bond donors (Lipinski definition) is 2. The van der Waals surface area contributed by atoms with Crippen LogP contribution >= 0.6 is 11.6 Å². The van der Waals surface area contributed by atoms with Crippen LogP contribution in [-0.4, -0.2) is 43.3 Å². The average Bonchev–Trinajstić information content (AvgIpc) is 2.49. The van der Waals surface area contributed by atoms with Crippen LogP contribution in [0.15, 0.2) is 18.2 Å². The lowest BCUT2D eigenvalue weighted by Gasteiger charge is -2.36. The third-order valence-corrected chi connectivity index (χ3v) is 4.18. The average molecular weight is 302 g/mol. The first kappa shape index (κ1) is 15.7. The Hall–Kier alpha value is -0.720. The summed E-state index contributed by atoms with van der Waals surface area (Å²) in [6.07, 6.45) is 0.517. The Labute approximate surface area is 124 Å². The zero-order valence-corrected chi connectivity index (χ0v) is 12.4. The Morgan fingerprint density at radius 1 is 1.60 bits per heavy atom. The summed E-state index contributed by atoms with van der Waals surface area (Å²) in [6, 6.07) is 4.73. The molecule has 2 atom stereocenters. The molecular formula is C14H21ClFN3O. The number of halogens is 2. The lowest BCUT2D eigenvalue weighted by atomic mass is 10.0. The second-order valence-corrected chi connectivity index (χ2v) is 5.37. The van der Waals surface area contributed by atoms with Gasteiger partial charge in [0.1, 0.15) is 5.82 Å². The predicted octanol–water partition coefficient (Wildman–Crippen LogP) is 1.57. The van der Waals surface area contributed by atoms with Gasteiger partial charge >= 0.3 is 0 Å². The molecule has 1 aromatic carbocycles. The highest BCUT2D eigenvalue weighted by molar-refractivity contribution is 6.31. The monoisotopic (exact) mass is 301 g/mol. The number of ether oxygens (including phenoxy) is 1. The van der Waals surface area contributed by atoms with Crippen molar-refractivity contribution in [3.63, 3.8) is 0 Å². The third-order valence-electron chi connectivity index (χ3n) is 3.76. The smallest absolute Gasteiger partial charge is 0.142 e. The van der Waals surface area contributed by atoms with Gasteiger partial charge in [-0.3, -0.25) is 16.2 Å². The number of hydrazine groups is 1. The van der Waals surface area contributed by atoms with E-state index in [1.54, 1.807) is 6.07 Å². The summed E-state index contributed by atoms with van der Waals surface area (Å²) in [5.41, 5.74) is 3.52. The minimum atomic E-state index is -0.403. The highest BCUT2D eigenvalue weighted by atomic mass is 35.5. The van der Waals surface area contributed by atoms with Gasteiger partial charge in [0.15, 0.2) is 0 Å². The molecule has 1 heterocycles. The molecule has 1 saturated heterocycles. The Bertz CT molecular complexity index is 446. The van der Waals surface area contributed by atoms with E-state index in [4.69, 9.17) is 22.2 Å². The van der Waals surface area contributed by atoms with E-state index in [1.807, 2.05) is 6.07 Å². The first-order valence-electron chi connectivity index (χ1n) is 6.88. The van der Waals surface area contributed by atoms with Crippen molar-refractivity contribution in [2.45, 2.75) is 25.5 Å². The molecule has 2 rings (SSSR count). The van der Waals surface area contributed by atoms with Gasteiger partial charge in [-0.25, -0.2) is 4.39 Å². The molecule has 1 aliphatic heterocycles. The van der Waals surface area contributed by atoms with Crippen LogP contribution < -0.4 is 11.3 Å². The van der Waals surface area contributed by atoms with E-state index in [1.165, 1.54) is 6.07 Å². The van der Waals surface area contributed by atoms with Crippen LogP contribution in [0.1, 0.15) is 12.5 Å². The van der Waals surface area contributed by atoms with E-state index < -0.39 is 5.82 Å². The molecular weight excluding hydrogens is 281 g/mol. The van der Waals surface area contributed by atoms with Crippen molar-refractivity contribution in [2.24, 2.45) is 5.84 Å². The summed E-state index contributed by atoms with van der Waals surface area (Å²) in [6.45, 7) is 5.55. The SMILES string of the molecule is CCN1CCOC(C(Cc2cccc(F)c2Cl)NN)C1. The topological polar surface area (TPSA) is 50.5 Å². The molecule has 0 aromatic heterocycles. The molecule has 4 nitrogen and oxygen atoms in total. The van der Waals surface area contributed by atoms with Gasteiger partial charge < -0.3 is 4.74 Å². The number of nitrogens with zero attached hydrogens (tertiary/aromatic N) is 1. The maximum absolute atomic E-state index is 13.5. The highest BCUT2D eigenvalue weighted by Crippen LogP contribution is 2.22. The summed E-state index contributed by atoms with van der Waals surface area (Å²) in [7, 11) is 0. The van der Waals surface area contributed by atoms with Gasteiger partial charge in [-0.15, -0.1) is 0 Å². The van der Waals surface area contributed by atoms with Crippen molar-refractivity contribution in [2.75, 3.05) is 26.2 Å². The molecule has 0 spiro atoms. The van der Waals surface area contributed by atoms with Crippen LogP contribution in [0.3, 0.4) is 0 Å². The fourth-order valence-corrected chi connectivity index (χ4v) is 2.71.